The zero-order chi connectivity index (χ0) is 13.0. The van der Waals surface area contributed by atoms with Gasteiger partial charge in [-0.05, 0) is 30.2 Å². The summed E-state index contributed by atoms with van der Waals surface area (Å²) in [6, 6.07) is 6.70. The fraction of sp³-hybridized carbons (Fsp3) is 0.571. The minimum atomic E-state index is 0. The Balaban J connectivity index is 0.00000180. The molecule has 1 aromatic carbocycles. The topological polar surface area (TPSA) is 24.5 Å². The van der Waals surface area contributed by atoms with Gasteiger partial charge >= 0.3 is 0 Å². The molecule has 3 nitrogen and oxygen atoms in total. The van der Waals surface area contributed by atoms with Crippen LogP contribution in [0, 0.1) is 0 Å². The summed E-state index contributed by atoms with van der Waals surface area (Å²) in [4.78, 5) is 2.55. The lowest BCUT2D eigenvalue weighted by molar-refractivity contribution is 0.168. The van der Waals surface area contributed by atoms with Gasteiger partial charge in [-0.25, -0.2) is 0 Å². The van der Waals surface area contributed by atoms with Gasteiger partial charge in [0, 0.05) is 36.7 Å². The van der Waals surface area contributed by atoms with Crippen LogP contribution in [0.5, 0.6) is 5.75 Å². The van der Waals surface area contributed by atoms with Gasteiger partial charge in [0.15, 0.2) is 0 Å². The number of benzene rings is 1. The van der Waals surface area contributed by atoms with Gasteiger partial charge in [-0.2, -0.15) is 0 Å². The SMILES string of the molecule is CC[C@H](c1cc(OC)ccc1Br)N1CCNCC1.Cl.Cl. The van der Waals surface area contributed by atoms with Gasteiger partial charge in [-0.3, -0.25) is 4.90 Å². The Morgan fingerprint density at radius 2 is 1.95 bits per heavy atom. The first-order chi connectivity index (χ1) is 8.76. The number of hydrogen-bond donors (Lipinski definition) is 1. The molecule has 0 spiro atoms. The maximum atomic E-state index is 5.34. The summed E-state index contributed by atoms with van der Waals surface area (Å²) in [5.41, 5.74) is 1.33. The zero-order valence-electron chi connectivity index (χ0n) is 11.9. The maximum absolute atomic E-state index is 5.34. The highest BCUT2D eigenvalue weighted by atomic mass is 79.9. The number of nitrogens with one attached hydrogen (secondary N) is 1. The Kier molecular flexibility index (Phi) is 9.85. The lowest BCUT2D eigenvalue weighted by Gasteiger charge is -2.35. The highest BCUT2D eigenvalue weighted by Gasteiger charge is 2.22. The largest absolute Gasteiger partial charge is 0.497 e. The van der Waals surface area contributed by atoms with E-state index in [0.717, 1.165) is 38.3 Å². The van der Waals surface area contributed by atoms with Crippen LogP contribution in [0.1, 0.15) is 24.9 Å². The number of ether oxygens (including phenoxy) is 1. The molecule has 116 valence electrons. The van der Waals surface area contributed by atoms with E-state index in [4.69, 9.17) is 4.74 Å². The summed E-state index contributed by atoms with van der Waals surface area (Å²) in [7, 11) is 1.72. The third-order valence-corrected chi connectivity index (χ3v) is 4.26. The summed E-state index contributed by atoms with van der Waals surface area (Å²) in [5, 5.41) is 3.40. The molecule has 1 fully saturated rings. The van der Waals surface area contributed by atoms with E-state index in [0.29, 0.717) is 6.04 Å². The summed E-state index contributed by atoms with van der Waals surface area (Å²) >= 11 is 3.67. The summed E-state index contributed by atoms with van der Waals surface area (Å²) < 4.78 is 6.51. The summed E-state index contributed by atoms with van der Waals surface area (Å²) in [6.45, 7) is 6.64. The average Bonchev–Trinajstić information content (AvgIpc) is 2.43. The molecule has 1 saturated heterocycles. The van der Waals surface area contributed by atoms with Crippen molar-refractivity contribution in [1.82, 2.24) is 10.2 Å². The second kappa shape index (κ2) is 9.85. The molecule has 0 aliphatic carbocycles. The van der Waals surface area contributed by atoms with Crippen molar-refractivity contribution in [1.29, 1.82) is 0 Å². The van der Waals surface area contributed by atoms with E-state index in [1.165, 1.54) is 10.0 Å². The second-order valence-corrected chi connectivity index (χ2v) is 5.45. The lowest BCUT2D eigenvalue weighted by Crippen LogP contribution is -2.45. The Hall–Kier alpha value is -0.000000000000000222. The van der Waals surface area contributed by atoms with Crippen LogP contribution in [-0.2, 0) is 0 Å². The zero-order valence-corrected chi connectivity index (χ0v) is 15.1. The van der Waals surface area contributed by atoms with Crippen molar-refractivity contribution in [2.45, 2.75) is 19.4 Å². The fourth-order valence-electron chi connectivity index (χ4n) is 2.57. The quantitative estimate of drug-likeness (QED) is 0.855. The minimum Gasteiger partial charge on any atom is -0.497 e. The number of methoxy groups -OCH3 is 1. The van der Waals surface area contributed by atoms with Crippen molar-refractivity contribution in [3.05, 3.63) is 28.2 Å². The van der Waals surface area contributed by atoms with Crippen LogP contribution < -0.4 is 10.1 Å². The Morgan fingerprint density at radius 1 is 1.30 bits per heavy atom. The van der Waals surface area contributed by atoms with E-state index >= 15 is 0 Å². The van der Waals surface area contributed by atoms with Crippen LogP contribution in [0.2, 0.25) is 0 Å². The molecule has 1 N–H and O–H groups in total. The number of hydrogen-bond acceptors (Lipinski definition) is 3. The van der Waals surface area contributed by atoms with E-state index in [-0.39, 0.29) is 24.8 Å². The third kappa shape index (κ3) is 4.78. The Morgan fingerprint density at radius 3 is 2.50 bits per heavy atom. The number of halogens is 3. The molecule has 0 bridgehead atoms. The van der Waals surface area contributed by atoms with Crippen LogP contribution in [0.25, 0.3) is 0 Å². The standard InChI is InChI=1S/C14H21BrN2O.2ClH/c1-3-14(17-8-6-16-7-9-17)12-10-11(18-2)4-5-13(12)15;;/h4-5,10,14,16H,3,6-9H2,1-2H3;2*1H/t14-;;/m1../s1. The van der Waals surface area contributed by atoms with Gasteiger partial charge in [0.1, 0.15) is 5.75 Å². The van der Waals surface area contributed by atoms with Crippen molar-refractivity contribution >= 4 is 40.7 Å². The predicted octanol–water partition coefficient (Wildman–Crippen LogP) is 3.66. The van der Waals surface area contributed by atoms with Crippen LogP contribution in [0.15, 0.2) is 22.7 Å². The summed E-state index contributed by atoms with van der Waals surface area (Å²) in [6.07, 6.45) is 1.12. The monoisotopic (exact) mass is 384 g/mol. The van der Waals surface area contributed by atoms with Crippen molar-refractivity contribution in [3.8, 4) is 5.75 Å². The van der Waals surface area contributed by atoms with Crippen molar-refractivity contribution < 1.29 is 4.74 Å². The first-order valence-electron chi connectivity index (χ1n) is 6.54. The van der Waals surface area contributed by atoms with Crippen LogP contribution >= 0.6 is 40.7 Å². The number of nitrogens with zero attached hydrogens (tertiary/aromatic N) is 1. The summed E-state index contributed by atoms with van der Waals surface area (Å²) in [5.74, 6) is 0.932. The van der Waals surface area contributed by atoms with Crippen molar-refractivity contribution in [2.24, 2.45) is 0 Å². The van der Waals surface area contributed by atoms with E-state index in [1.54, 1.807) is 7.11 Å². The Bertz CT molecular complexity index is 401. The third-order valence-electron chi connectivity index (χ3n) is 3.54. The molecule has 0 saturated carbocycles. The maximum Gasteiger partial charge on any atom is 0.119 e. The molecule has 1 aliphatic rings. The minimum absolute atomic E-state index is 0. The molecule has 1 aromatic rings. The predicted molar refractivity (Wildman–Crippen MR) is 92.7 cm³/mol. The molecule has 0 amide bonds. The first-order valence-corrected chi connectivity index (χ1v) is 7.33. The molecule has 0 aromatic heterocycles. The van der Waals surface area contributed by atoms with E-state index in [1.807, 2.05) is 6.07 Å². The van der Waals surface area contributed by atoms with Gasteiger partial charge in [0.25, 0.3) is 0 Å². The van der Waals surface area contributed by atoms with Gasteiger partial charge in [0.2, 0.25) is 0 Å². The first kappa shape index (κ1) is 20.0. The molecule has 1 atom stereocenters. The van der Waals surface area contributed by atoms with Crippen LogP contribution in [0.3, 0.4) is 0 Å². The molecule has 6 heteroatoms. The molecule has 0 unspecified atom stereocenters. The highest BCUT2D eigenvalue weighted by molar-refractivity contribution is 9.10. The normalized spacial score (nSPS) is 16.8. The smallest absolute Gasteiger partial charge is 0.119 e. The molecule has 20 heavy (non-hydrogen) atoms. The van der Waals surface area contributed by atoms with Gasteiger partial charge in [-0.15, -0.1) is 24.8 Å². The van der Waals surface area contributed by atoms with Gasteiger partial charge < -0.3 is 10.1 Å². The number of piperazine rings is 1. The molecule has 2 rings (SSSR count). The second-order valence-electron chi connectivity index (χ2n) is 4.60. The molecular formula is C14H23BrCl2N2O. The van der Waals surface area contributed by atoms with Crippen molar-refractivity contribution in [2.75, 3.05) is 33.3 Å². The van der Waals surface area contributed by atoms with Crippen LogP contribution in [0.4, 0.5) is 0 Å². The fourth-order valence-corrected chi connectivity index (χ4v) is 3.08. The molecular weight excluding hydrogens is 363 g/mol. The Labute approximate surface area is 142 Å². The van der Waals surface area contributed by atoms with E-state index in [2.05, 4.69) is 45.2 Å². The average molecular weight is 386 g/mol. The highest BCUT2D eigenvalue weighted by Crippen LogP contribution is 2.33. The lowest BCUT2D eigenvalue weighted by atomic mass is 10.0. The van der Waals surface area contributed by atoms with Crippen LogP contribution in [-0.4, -0.2) is 38.2 Å². The molecule has 1 heterocycles. The molecule has 1 aliphatic heterocycles. The number of rotatable bonds is 4. The van der Waals surface area contributed by atoms with Gasteiger partial charge in [-0.1, -0.05) is 22.9 Å². The van der Waals surface area contributed by atoms with E-state index in [9.17, 15) is 0 Å². The van der Waals surface area contributed by atoms with E-state index < -0.39 is 0 Å². The van der Waals surface area contributed by atoms with Gasteiger partial charge in [0.05, 0.1) is 7.11 Å². The molecule has 0 radical (unpaired) electrons. The van der Waals surface area contributed by atoms with Crippen molar-refractivity contribution in [3.63, 3.8) is 0 Å².